The second-order valence-electron chi connectivity index (χ2n) is 4.54. The molecule has 0 bridgehead atoms. The zero-order chi connectivity index (χ0) is 15.1. The molecular weight excluding hydrogens is 306 g/mol. The first-order valence-electron chi connectivity index (χ1n) is 5.67. The van der Waals surface area contributed by atoms with E-state index in [1.165, 1.54) is 12.1 Å². The van der Waals surface area contributed by atoms with Gasteiger partial charge in [0.15, 0.2) is 15.9 Å². The van der Waals surface area contributed by atoms with Crippen molar-refractivity contribution in [2.24, 2.45) is 5.16 Å². The summed E-state index contributed by atoms with van der Waals surface area (Å²) in [4.78, 5) is 16.2. The van der Waals surface area contributed by atoms with E-state index in [-0.39, 0.29) is 21.0 Å². The molecule has 1 N–H and O–H groups in total. The Balaban J connectivity index is 2.67. The molecular formula is C12H12ClNO5S. The van der Waals surface area contributed by atoms with Crippen molar-refractivity contribution in [3.05, 3.63) is 28.3 Å². The Labute approximate surface area is 120 Å². The van der Waals surface area contributed by atoms with Crippen LogP contribution >= 0.6 is 11.6 Å². The molecule has 1 aliphatic rings. The van der Waals surface area contributed by atoms with Crippen molar-refractivity contribution in [1.82, 2.24) is 0 Å². The molecule has 1 atom stereocenters. The molecule has 1 heterocycles. The van der Waals surface area contributed by atoms with Gasteiger partial charge >= 0.3 is 5.97 Å². The molecule has 1 aromatic rings. The Morgan fingerprint density at radius 2 is 2.15 bits per heavy atom. The van der Waals surface area contributed by atoms with Crippen molar-refractivity contribution >= 4 is 33.1 Å². The number of rotatable bonds is 3. The maximum Gasteiger partial charge on any atom is 0.337 e. The predicted molar refractivity (Wildman–Crippen MR) is 73.1 cm³/mol. The van der Waals surface area contributed by atoms with Gasteiger partial charge in [-0.2, -0.15) is 0 Å². The van der Waals surface area contributed by atoms with Crippen LogP contribution < -0.4 is 0 Å². The lowest BCUT2D eigenvalue weighted by Gasteiger charge is -2.16. The third kappa shape index (κ3) is 2.64. The molecule has 0 saturated heterocycles. The highest BCUT2D eigenvalue weighted by atomic mass is 35.5. The zero-order valence-electron chi connectivity index (χ0n) is 10.8. The Hall–Kier alpha value is -1.60. The van der Waals surface area contributed by atoms with Gasteiger partial charge < -0.3 is 9.94 Å². The monoisotopic (exact) mass is 317 g/mol. The van der Waals surface area contributed by atoms with Crippen LogP contribution in [0, 0.1) is 0 Å². The van der Waals surface area contributed by atoms with E-state index in [0.29, 0.717) is 12.1 Å². The van der Waals surface area contributed by atoms with E-state index < -0.39 is 21.9 Å². The van der Waals surface area contributed by atoms with Gasteiger partial charge in [0, 0.05) is 18.2 Å². The lowest BCUT2D eigenvalue weighted by molar-refractivity contribution is 0.0694. The van der Waals surface area contributed by atoms with E-state index >= 15 is 0 Å². The van der Waals surface area contributed by atoms with Gasteiger partial charge in [-0.15, -0.1) is 0 Å². The number of hydrogen-bond donors (Lipinski definition) is 1. The molecule has 8 heteroatoms. The first kappa shape index (κ1) is 14.8. The molecule has 1 unspecified atom stereocenters. The smallest absolute Gasteiger partial charge is 0.337 e. The molecule has 0 saturated carbocycles. The maximum absolute atomic E-state index is 11.8. The second kappa shape index (κ2) is 5.06. The number of hydrogen-bond acceptors (Lipinski definition) is 5. The van der Waals surface area contributed by atoms with Crippen LogP contribution in [0.5, 0.6) is 0 Å². The second-order valence-corrected chi connectivity index (χ2v) is 6.90. The van der Waals surface area contributed by atoms with Crippen LogP contribution in [-0.2, 0) is 14.7 Å². The number of oxime groups is 1. The largest absolute Gasteiger partial charge is 0.478 e. The molecule has 0 amide bonds. The number of halogens is 1. The summed E-state index contributed by atoms with van der Waals surface area (Å²) in [7, 11) is -3.56. The topological polar surface area (TPSA) is 93.0 Å². The first-order chi connectivity index (χ1) is 9.21. The number of benzene rings is 1. The Kier molecular flexibility index (Phi) is 3.75. The molecule has 6 nitrogen and oxygen atoms in total. The maximum atomic E-state index is 11.8. The number of carboxylic acids is 1. The average molecular weight is 318 g/mol. The van der Waals surface area contributed by atoms with Crippen molar-refractivity contribution < 1.29 is 23.2 Å². The fourth-order valence-electron chi connectivity index (χ4n) is 2.01. The zero-order valence-corrected chi connectivity index (χ0v) is 12.3. The minimum atomic E-state index is -3.56. The van der Waals surface area contributed by atoms with Gasteiger partial charge in [0.1, 0.15) is 0 Å². The third-order valence-electron chi connectivity index (χ3n) is 2.91. The van der Waals surface area contributed by atoms with E-state index in [1.807, 2.05) is 0 Å². The molecule has 0 fully saturated rings. The van der Waals surface area contributed by atoms with E-state index in [1.54, 1.807) is 6.92 Å². The minimum Gasteiger partial charge on any atom is -0.478 e. The molecule has 1 aromatic carbocycles. The third-order valence-corrected chi connectivity index (χ3v) is 4.47. The van der Waals surface area contributed by atoms with E-state index in [4.69, 9.17) is 21.5 Å². The summed E-state index contributed by atoms with van der Waals surface area (Å²) in [5, 5.41) is 12.7. The van der Waals surface area contributed by atoms with Gasteiger partial charge in [0.05, 0.1) is 21.2 Å². The minimum absolute atomic E-state index is 0.0394. The van der Waals surface area contributed by atoms with Gasteiger partial charge in [-0.25, -0.2) is 13.2 Å². The first-order valence-corrected chi connectivity index (χ1v) is 7.93. The highest BCUT2D eigenvalue weighted by molar-refractivity contribution is 7.90. The Bertz CT molecular complexity index is 711. The summed E-state index contributed by atoms with van der Waals surface area (Å²) < 4.78 is 23.7. The summed E-state index contributed by atoms with van der Waals surface area (Å²) in [6.45, 7) is 1.73. The van der Waals surface area contributed by atoms with Gasteiger partial charge in [-0.3, -0.25) is 0 Å². The average Bonchev–Trinajstić information content (AvgIpc) is 2.73. The summed E-state index contributed by atoms with van der Waals surface area (Å²) in [6, 6.07) is 2.41. The van der Waals surface area contributed by atoms with Crippen molar-refractivity contribution in [2.75, 3.05) is 6.26 Å². The summed E-state index contributed by atoms with van der Waals surface area (Å²) in [5.74, 6) is -1.23. The van der Waals surface area contributed by atoms with Gasteiger partial charge in [0.2, 0.25) is 0 Å². The fourth-order valence-corrected chi connectivity index (χ4v) is 3.39. The number of carboxylic acid groups (broad SMARTS) is 1. The number of nitrogens with zero attached hydrogens (tertiary/aromatic N) is 1. The molecule has 2 rings (SSSR count). The van der Waals surface area contributed by atoms with E-state index in [0.717, 1.165) is 6.26 Å². The van der Waals surface area contributed by atoms with Crippen molar-refractivity contribution in [2.45, 2.75) is 24.3 Å². The van der Waals surface area contributed by atoms with Crippen LogP contribution in [0.15, 0.2) is 22.2 Å². The summed E-state index contributed by atoms with van der Waals surface area (Å²) in [6.07, 6.45) is 0.711. The Morgan fingerprint density at radius 1 is 1.50 bits per heavy atom. The summed E-state index contributed by atoms with van der Waals surface area (Å²) in [5.41, 5.74) is 0.670. The fraction of sp³-hybridized carbons (Fsp3) is 0.333. The lowest BCUT2D eigenvalue weighted by atomic mass is 10.0. The van der Waals surface area contributed by atoms with Crippen LogP contribution in [0.25, 0.3) is 0 Å². The summed E-state index contributed by atoms with van der Waals surface area (Å²) >= 11 is 6.07. The lowest BCUT2D eigenvalue weighted by Crippen LogP contribution is -2.11. The molecule has 0 aliphatic carbocycles. The van der Waals surface area contributed by atoms with Crippen molar-refractivity contribution in [3.63, 3.8) is 0 Å². The molecule has 20 heavy (non-hydrogen) atoms. The highest BCUT2D eigenvalue weighted by Crippen LogP contribution is 2.38. The van der Waals surface area contributed by atoms with Crippen LogP contribution in [-0.4, -0.2) is 31.5 Å². The molecule has 0 spiro atoms. The van der Waals surface area contributed by atoms with Crippen LogP contribution in [0.3, 0.4) is 0 Å². The Morgan fingerprint density at radius 3 is 2.60 bits per heavy atom. The quantitative estimate of drug-likeness (QED) is 0.923. The number of carbonyl (C=O) groups is 1. The number of aromatic carboxylic acids is 1. The van der Waals surface area contributed by atoms with Crippen LogP contribution in [0.2, 0.25) is 5.02 Å². The normalized spacial score (nSPS) is 18.6. The van der Waals surface area contributed by atoms with Crippen LogP contribution in [0.4, 0.5) is 0 Å². The molecule has 0 radical (unpaired) electrons. The van der Waals surface area contributed by atoms with Crippen LogP contribution in [0.1, 0.15) is 35.4 Å². The van der Waals surface area contributed by atoms with Gasteiger partial charge in [-0.05, 0) is 19.1 Å². The standard InChI is InChI=1S/C12H12ClNO5S/c1-6-5-8(19-14-6)10-9(20(2,17)18)4-3-7(11(10)13)12(15)16/h3-4,8H,5H2,1-2H3,(H,15,16). The van der Waals surface area contributed by atoms with E-state index in [2.05, 4.69) is 5.16 Å². The SMILES string of the molecule is CC1=NOC(c2c(S(C)(=O)=O)ccc(C(=O)O)c2Cl)C1. The predicted octanol–water partition coefficient (Wildman–Crippen LogP) is 2.28. The van der Waals surface area contributed by atoms with Crippen molar-refractivity contribution in [1.29, 1.82) is 0 Å². The van der Waals surface area contributed by atoms with E-state index in [9.17, 15) is 13.2 Å². The highest BCUT2D eigenvalue weighted by Gasteiger charge is 2.31. The molecule has 108 valence electrons. The number of sulfone groups is 1. The van der Waals surface area contributed by atoms with Crippen molar-refractivity contribution in [3.8, 4) is 0 Å². The molecule has 0 aromatic heterocycles. The van der Waals surface area contributed by atoms with Gasteiger partial charge in [0.25, 0.3) is 0 Å². The van der Waals surface area contributed by atoms with Gasteiger partial charge in [-0.1, -0.05) is 16.8 Å². The molecule has 1 aliphatic heterocycles.